The van der Waals surface area contributed by atoms with Crippen molar-refractivity contribution in [3.63, 3.8) is 0 Å². The normalized spacial score (nSPS) is 12.8. The van der Waals surface area contributed by atoms with Crippen molar-refractivity contribution >= 4 is 12.1 Å². The Bertz CT molecular complexity index is 404. The summed E-state index contributed by atoms with van der Waals surface area (Å²) in [5.74, 6) is -0.0795. The summed E-state index contributed by atoms with van der Waals surface area (Å²) in [4.78, 5) is 22.8. The van der Waals surface area contributed by atoms with Gasteiger partial charge in [-0.05, 0) is 19.4 Å². The Hall–Kier alpha value is -1.70. The molecule has 0 aliphatic heterocycles. The first-order chi connectivity index (χ1) is 8.01. The maximum absolute atomic E-state index is 12.0. The summed E-state index contributed by atoms with van der Waals surface area (Å²) in [5, 5.41) is 0. The fraction of sp³-hybridized carbons (Fsp3) is 0.333. The van der Waals surface area contributed by atoms with E-state index in [1.165, 1.54) is 0 Å². The van der Waals surface area contributed by atoms with Crippen LogP contribution in [0.5, 0.6) is 0 Å². The number of allylic oxidation sites excluding steroid dienone is 1. The van der Waals surface area contributed by atoms with Gasteiger partial charge < -0.3 is 4.79 Å². The average Bonchev–Trinajstić information content (AvgIpc) is 2.36. The van der Waals surface area contributed by atoms with Gasteiger partial charge in [-0.15, -0.1) is 6.58 Å². The van der Waals surface area contributed by atoms with Crippen LogP contribution in [-0.2, 0) is 9.59 Å². The molecule has 1 unspecified atom stereocenters. The lowest BCUT2D eigenvalue weighted by molar-refractivity contribution is -0.132. The molecule has 0 saturated carbocycles. The van der Waals surface area contributed by atoms with E-state index in [4.69, 9.17) is 0 Å². The van der Waals surface area contributed by atoms with Crippen LogP contribution < -0.4 is 0 Å². The van der Waals surface area contributed by atoms with Crippen molar-refractivity contribution in [2.24, 2.45) is 5.41 Å². The first-order valence-corrected chi connectivity index (χ1v) is 5.68. The first kappa shape index (κ1) is 13.4. The number of Topliss-reactive ketones (excluding diaryl/α,β-unsaturated/α-hetero) is 1. The van der Waals surface area contributed by atoms with Gasteiger partial charge in [0.1, 0.15) is 12.1 Å². The third-order valence-electron chi connectivity index (χ3n) is 2.93. The van der Waals surface area contributed by atoms with Crippen LogP contribution in [0.3, 0.4) is 0 Å². The molecule has 0 radical (unpaired) electrons. The molecule has 0 fully saturated rings. The molecule has 1 rings (SSSR count). The highest BCUT2D eigenvalue weighted by Crippen LogP contribution is 2.25. The fourth-order valence-corrected chi connectivity index (χ4v) is 1.57. The zero-order valence-electron chi connectivity index (χ0n) is 10.3. The second-order valence-electron chi connectivity index (χ2n) is 4.72. The summed E-state index contributed by atoms with van der Waals surface area (Å²) in [7, 11) is 0. The number of hydrogen-bond acceptors (Lipinski definition) is 2. The first-order valence-electron chi connectivity index (χ1n) is 5.68. The van der Waals surface area contributed by atoms with Crippen LogP contribution in [0.4, 0.5) is 0 Å². The maximum atomic E-state index is 12.0. The molecular weight excluding hydrogens is 212 g/mol. The van der Waals surface area contributed by atoms with E-state index in [0.717, 1.165) is 5.56 Å². The van der Waals surface area contributed by atoms with Gasteiger partial charge in [0.25, 0.3) is 0 Å². The standard InChI is InChI=1S/C15H18O2/c1-4-12(13-8-6-5-7-9-13)10-14(17)15(2,3)11-16/h4-9,11-12H,1,10H2,2-3H3. The van der Waals surface area contributed by atoms with E-state index in [0.29, 0.717) is 12.7 Å². The molecule has 0 bridgehead atoms. The third-order valence-corrected chi connectivity index (χ3v) is 2.93. The lowest BCUT2D eigenvalue weighted by Gasteiger charge is -2.19. The van der Waals surface area contributed by atoms with Crippen LogP contribution in [0.15, 0.2) is 43.0 Å². The van der Waals surface area contributed by atoms with Crippen LogP contribution in [0, 0.1) is 5.41 Å². The number of carbonyl (C=O) groups excluding carboxylic acids is 2. The van der Waals surface area contributed by atoms with Gasteiger partial charge in [0.15, 0.2) is 0 Å². The van der Waals surface area contributed by atoms with Crippen molar-refractivity contribution in [2.75, 3.05) is 0 Å². The van der Waals surface area contributed by atoms with Gasteiger partial charge in [-0.3, -0.25) is 4.79 Å². The van der Waals surface area contributed by atoms with E-state index in [9.17, 15) is 9.59 Å². The quantitative estimate of drug-likeness (QED) is 0.427. The van der Waals surface area contributed by atoms with Gasteiger partial charge in [-0.1, -0.05) is 36.4 Å². The van der Waals surface area contributed by atoms with Crippen molar-refractivity contribution in [2.45, 2.75) is 26.2 Å². The topological polar surface area (TPSA) is 34.1 Å². The Kier molecular flexibility index (Phi) is 4.38. The van der Waals surface area contributed by atoms with Crippen LogP contribution in [0.2, 0.25) is 0 Å². The molecule has 1 aromatic rings. The molecule has 0 aliphatic rings. The largest absolute Gasteiger partial charge is 0.302 e. The molecule has 17 heavy (non-hydrogen) atoms. The monoisotopic (exact) mass is 230 g/mol. The molecular formula is C15H18O2. The zero-order chi connectivity index (χ0) is 12.9. The van der Waals surface area contributed by atoms with Crippen molar-refractivity contribution in [3.8, 4) is 0 Å². The molecule has 90 valence electrons. The number of aldehydes is 1. The summed E-state index contributed by atoms with van der Waals surface area (Å²) in [6.45, 7) is 7.05. The van der Waals surface area contributed by atoms with Gasteiger partial charge in [0.05, 0.1) is 5.41 Å². The lowest BCUT2D eigenvalue weighted by atomic mass is 9.82. The Labute approximate surface area is 102 Å². The smallest absolute Gasteiger partial charge is 0.146 e. The molecule has 0 aromatic heterocycles. The molecule has 2 nitrogen and oxygen atoms in total. The van der Waals surface area contributed by atoms with E-state index < -0.39 is 5.41 Å². The zero-order valence-corrected chi connectivity index (χ0v) is 10.3. The van der Waals surface area contributed by atoms with Crippen LogP contribution >= 0.6 is 0 Å². The number of benzene rings is 1. The van der Waals surface area contributed by atoms with E-state index in [1.807, 2.05) is 30.3 Å². The molecule has 0 heterocycles. The van der Waals surface area contributed by atoms with Gasteiger partial charge in [-0.25, -0.2) is 0 Å². The van der Waals surface area contributed by atoms with E-state index >= 15 is 0 Å². The predicted octanol–water partition coefficient (Wildman–Crippen LogP) is 3.14. The number of ketones is 1. The van der Waals surface area contributed by atoms with Crippen LogP contribution in [0.1, 0.15) is 31.7 Å². The summed E-state index contributed by atoms with van der Waals surface area (Å²) in [6, 6.07) is 9.73. The SMILES string of the molecule is C=CC(CC(=O)C(C)(C)C=O)c1ccccc1. The van der Waals surface area contributed by atoms with E-state index in [-0.39, 0.29) is 11.7 Å². The molecule has 1 aromatic carbocycles. The number of hydrogen-bond donors (Lipinski definition) is 0. The highest BCUT2D eigenvalue weighted by atomic mass is 16.1. The number of carbonyl (C=O) groups is 2. The Balaban J connectivity index is 2.82. The Morgan fingerprint density at radius 1 is 1.35 bits per heavy atom. The second kappa shape index (κ2) is 5.58. The number of rotatable bonds is 6. The van der Waals surface area contributed by atoms with Crippen molar-refractivity contribution in [1.82, 2.24) is 0 Å². The van der Waals surface area contributed by atoms with Crippen molar-refractivity contribution in [1.29, 1.82) is 0 Å². The molecule has 0 N–H and O–H groups in total. The Morgan fingerprint density at radius 2 is 1.94 bits per heavy atom. The third kappa shape index (κ3) is 3.38. The van der Waals surface area contributed by atoms with Gasteiger partial charge in [-0.2, -0.15) is 0 Å². The summed E-state index contributed by atoms with van der Waals surface area (Å²) >= 11 is 0. The summed E-state index contributed by atoms with van der Waals surface area (Å²) in [5.41, 5.74) is 0.147. The van der Waals surface area contributed by atoms with E-state index in [2.05, 4.69) is 6.58 Å². The highest BCUT2D eigenvalue weighted by Gasteiger charge is 2.28. The summed E-state index contributed by atoms with van der Waals surface area (Å²) < 4.78 is 0. The minimum absolute atomic E-state index is 0.0251. The van der Waals surface area contributed by atoms with E-state index in [1.54, 1.807) is 19.9 Å². The Morgan fingerprint density at radius 3 is 2.41 bits per heavy atom. The van der Waals surface area contributed by atoms with Gasteiger partial charge in [0.2, 0.25) is 0 Å². The molecule has 0 amide bonds. The predicted molar refractivity (Wildman–Crippen MR) is 68.8 cm³/mol. The average molecular weight is 230 g/mol. The van der Waals surface area contributed by atoms with Crippen molar-refractivity contribution < 1.29 is 9.59 Å². The molecule has 1 atom stereocenters. The van der Waals surface area contributed by atoms with Gasteiger partial charge >= 0.3 is 0 Å². The lowest BCUT2D eigenvalue weighted by Crippen LogP contribution is -2.26. The second-order valence-corrected chi connectivity index (χ2v) is 4.72. The molecule has 0 saturated heterocycles. The van der Waals surface area contributed by atoms with Gasteiger partial charge in [0, 0.05) is 12.3 Å². The van der Waals surface area contributed by atoms with Crippen LogP contribution in [-0.4, -0.2) is 12.1 Å². The molecule has 0 spiro atoms. The fourth-order valence-electron chi connectivity index (χ4n) is 1.57. The van der Waals surface area contributed by atoms with Crippen molar-refractivity contribution in [3.05, 3.63) is 48.6 Å². The minimum Gasteiger partial charge on any atom is -0.302 e. The maximum Gasteiger partial charge on any atom is 0.146 e. The molecule has 0 aliphatic carbocycles. The molecule has 2 heteroatoms. The van der Waals surface area contributed by atoms with Crippen LogP contribution in [0.25, 0.3) is 0 Å². The highest BCUT2D eigenvalue weighted by molar-refractivity contribution is 5.97. The summed E-state index contributed by atoms with van der Waals surface area (Å²) in [6.07, 6.45) is 2.79. The minimum atomic E-state index is -0.907.